The number of hydrogen-bond donors (Lipinski definition) is 1. The molecule has 3 nitrogen and oxygen atoms in total. The summed E-state index contributed by atoms with van der Waals surface area (Å²) in [5, 5.41) is 2.30. The number of carbonyl (C=O) groups excluding carboxylic acids is 1. The molecule has 0 spiro atoms. The van der Waals surface area contributed by atoms with E-state index in [1.165, 1.54) is 24.3 Å². The highest BCUT2D eigenvalue weighted by Gasteiger charge is 2.30. The van der Waals surface area contributed by atoms with Crippen molar-refractivity contribution in [3.05, 3.63) is 58.3 Å². The van der Waals surface area contributed by atoms with Crippen molar-refractivity contribution >= 4 is 27.5 Å². The van der Waals surface area contributed by atoms with Gasteiger partial charge in [-0.25, -0.2) is 4.39 Å². The first-order valence-corrected chi connectivity index (χ1v) is 7.10. The molecule has 122 valence electrons. The fourth-order valence-corrected chi connectivity index (χ4v) is 2.17. The van der Waals surface area contributed by atoms with E-state index < -0.39 is 30.1 Å². The van der Waals surface area contributed by atoms with Gasteiger partial charge in [0.1, 0.15) is 11.6 Å². The van der Waals surface area contributed by atoms with Crippen LogP contribution in [0.5, 0.6) is 5.75 Å². The Hall–Kier alpha value is -2.09. The second-order valence-electron chi connectivity index (χ2n) is 4.49. The molecule has 0 heterocycles. The highest BCUT2D eigenvalue weighted by Crippen LogP contribution is 2.30. The van der Waals surface area contributed by atoms with Crippen LogP contribution in [0.3, 0.4) is 0 Å². The average molecular weight is 392 g/mol. The van der Waals surface area contributed by atoms with Gasteiger partial charge in [-0.15, -0.1) is 0 Å². The molecule has 0 fully saturated rings. The SMILES string of the molecule is O=C(COc1ccc(F)cc1Br)Nc1cccc(C(F)(F)F)c1. The lowest BCUT2D eigenvalue weighted by molar-refractivity contribution is -0.137. The third-order valence-electron chi connectivity index (χ3n) is 2.73. The molecule has 0 aliphatic carbocycles. The van der Waals surface area contributed by atoms with Crippen molar-refractivity contribution in [1.29, 1.82) is 0 Å². The van der Waals surface area contributed by atoms with Crippen molar-refractivity contribution in [1.82, 2.24) is 0 Å². The topological polar surface area (TPSA) is 38.3 Å². The van der Waals surface area contributed by atoms with Crippen LogP contribution in [0.15, 0.2) is 46.9 Å². The highest BCUT2D eigenvalue weighted by atomic mass is 79.9. The van der Waals surface area contributed by atoms with Crippen LogP contribution in [0, 0.1) is 5.82 Å². The standard InChI is InChI=1S/C15H10BrF4NO2/c16-12-7-10(17)4-5-13(12)23-8-14(22)21-11-3-1-2-9(6-11)15(18,19)20/h1-7H,8H2,(H,21,22). The van der Waals surface area contributed by atoms with E-state index in [2.05, 4.69) is 21.2 Å². The monoisotopic (exact) mass is 391 g/mol. The summed E-state index contributed by atoms with van der Waals surface area (Å²) >= 11 is 3.07. The minimum absolute atomic E-state index is 0.00611. The Morgan fingerprint density at radius 1 is 1.17 bits per heavy atom. The molecule has 8 heteroatoms. The summed E-state index contributed by atoms with van der Waals surface area (Å²) in [4.78, 5) is 11.7. The van der Waals surface area contributed by atoms with Crippen LogP contribution in [-0.2, 0) is 11.0 Å². The van der Waals surface area contributed by atoms with E-state index in [0.717, 1.165) is 18.2 Å². The largest absolute Gasteiger partial charge is 0.483 e. The number of benzene rings is 2. The third kappa shape index (κ3) is 4.95. The number of rotatable bonds is 4. The molecule has 0 saturated carbocycles. The lowest BCUT2D eigenvalue weighted by Crippen LogP contribution is -2.20. The summed E-state index contributed by atoms with van der Waals surface area (Å²) in [6, 6.07) is 7.91. The molecular formula is C15H10BrF4NO2. The highest BCUT2D eigenvalue weighted by molar-refractivity contribution is 9.10. The van der Waals surface area contributed by atoms with Crippen LogP contribution in [0.4, 0.5) is 23.2 Å². The fourth-order valence-electron chi connectivity index (χ4n) is 1.71. The van der Waals surface area contributed by atoms with Crippen LogP contribution in [0.1, 0.15) is 5.56 Å². The Kier molecular flexibility index (Phi) is 5.25. The van der Waals surface area contributed by atoms with Gasteiger partial charge in [0.05, 0.1) is 10.0 Å². The number of halogens is 5. The summed E-state index contributed by atoms with van der Waals surface area (Å²) in [6.45, 7) is -0.430. The Morgan fingerprint density at radius 3 is 2.57 bits per heavy atom. The first kappa shape index (κ1) is 17.3. The summed E-state index contributed by atoms with van der Waals surface area (Å²) in [5.41, 5.74) is -0.857. The van der Waals surface area contributed by atoms with Crippen molar-refractivity contribution < 1.29 is 27.1 Å². The van der Waals surface area contributed by atoms with Crippen LogP contribution in [-0.4, -0.2) is 12.5 Å². The third-order valence-corrected chi connectivity index (χ3v) is 3.35. The molecule has 1 N–H and O–H groups in total. The maximum Gasteiger partial charge on any atom is 0.416 e. The number of anilines is 1. The van der Waals surface area contributed by atoms with E-state index in [-0.39, 0.29) is 11.4 Å². The number of nitrogens with one attached hydrogen (secondary N) is 1. The van der Waals surface area contributed by atoms with Gasteiger partial charge in [-0.05, 0) is 52.3 Å². The first-order chi connectivity index (χ1) is 10.8. The molecule has 0 aliphatic rings. The maximum absolute atomic E-state index is 12.9. The molecule has 2 aromatic carbocycles. The maximum atomic E-state index is 12.9. The van der Waals surface area contributed by atoms with Gasteiger partial charge in [0.2, 0.25) is 0 Å². The smallest absolute Gasteiger partial charge is 0.416 e. The molecule has 2 rings (SSSR count). The number of carbonyl (C=O) groups is 1. The minimum Gasteiger partial charge on any atom is -0.483 e. The zero-order valence-electron chi connectivity index (χ0n) is 11.5. The molecule has 1 amide bonds. The molecule has 2 aromatic rings. The molecule has 0 unspecified atom stereocenters. The van der Waals surface area contributed by atoms with Gasteiger partial charge in [-0.2, -0.15) is 13.2 Å². The van der Waals surface area contributed by atoms with Gasteiger partial charge in [-0.1, -0.05) is 6.07 Å². The van der Waals surface area contributed by atoms with Gasteiger partial charge in [0.15, 0.2) is 6.61 Å². The molecule has 0 bridgehead atoms. The van der Waals surface area contributed by atoms with Crippen molar-refractivity contribution in [2.75, 3.05) is 11.9 Å². The number of amides is 1. The predicted molar refractivity (Wildman–Crippen MR) is 79.7 cm³/mol. The van der Waals surface area contributed by atoms with Crippen molar-refractivity contribution in [3.63, 3.8) is 0 Å². The Morgan fingerprint density at radius 2 is 1.91 bits per heavy atom. The van der Waals surface area contributed by atoms with Crippen LogP contribution in [0.25, 0.3) is 0 Å². The van der Waals surface area contributed by atoms with Crippen LogP contribution >= 0.6 is 15.9 Å². The van der Waals surface area contributed by atoms with Crippen LogP contribution in [0.2, 0.25) is 0 Å². The second-order valence-corrected chi connectivity index (χ2v) is 5.34. The Labute approximate surface area is 137 Å². The van der Waals surface area contributed by atoms with E-state index in [9.17, 15) is 22.4 Å². The van der Waals surface area contributed by atoms with Crippen molar-refractivity contribution in [2.24, 2.45) is 0 Å². The number of alkyl halides is 3. The van der Waals surface area contributed by atoms with Crippen molar-refractivity contribution in [2.45, 2.75) is 6.18 Å². The minimum atomic E-state index is -4.49. The lowest BCUT2D eigenvalue weighted by atomic mass is 10.2. The van der Waals surface area contributed by atoms with Gasteiger partial charge < -0.3 is 10.1 Å². The van der Waals surface area contributed by atoms with E-state index >= 15 is 0 Å². The summed E-state index contributed by atoms with van der Waals surface area (Å²) in [7, 11) is 0. The normalized spacial score (nSPS) is 11.2. The van der Waals surface area contributed by atoms with Gasteiger partial charge in [-0.3, -0.25) is 4.79 Å². The Balaban J connectivity index is 1.97. The first-order valence-electron chi connectivity index (χ1n) is 6.30. The van der Waals surface area contributed by atoms with E-state index in [0.29, 0.717) is 4.47 Å². The van der Waals surface area contributed by atoms with Gasteiger partial charge >= 0.3 is 6.18 Å². The van der Waals surface area contributed by atoms with E-state index in [4.69, 9.17) is 4.74 Å². The molecule has 0 atom stereocenters. The summed E-state index contributed by atoms with van der Waals surface area (Å²) in [6.07, 6.45) is -4.49. The molecular weight excluding hydrogens is 382 g/mol. The molecule has 0 aromatic heterocycles. The van der Waals surface area contributed by atoms with Crippen LogP contribution < -0.4 is 10.1 Å². The zero-order chi connectivity index (χ0) is 17.0. The van der Waals surface area contributed by atoms with E-state index in [1.807, 2.05) is 0 Å². The van der Waals surface area contributed by atoms with Gasteiger partial charge in [0, 0.05) is 5.69 Å². The van der Waals surface area contributed by atoms with Gasteiger partial charge in [0.25, 0.3) is 5.91 Å². The summed E-state index contributed by atoms with van der Waals surface area (Å²) in [5.74, 6) is -0.871. The van der Waals surface area contributed by atoms with E-state index in [1.54, 1.807) is 0 Å². The van der Waals surface area contributed by atoms with Crippen molar-refractivity contribution in [3.8, 4) is 5.75 Å². The quantitative estimate of drug-likeness (QED) is 0.771. The number of ether oxygens (including phenoxy) is 1. The molecule has 0 saturated heterocycles. The molecule has 0 radical (unpaired) electrons. The predicted octanol–water partition coefficient (Wildman–Crippen LogP) is 4.62. The second kappa shape index (κ2) is 6.99. The Bertz CT molecular complexity index is 719. The fraction of sp³-hybridized carbons (Fsp3) is 0.133. The molecule has 0 aliphatic heterocycles. The lowest BCUT2D eigenvalue weighted by Gasteiger charge is -2.11. The average Bonchev–Trinajstić information content (AvgIpc) is 2.45. The number of hydrogen-bond acceptors (Lipinski definition) is 2. The molecule has 23 heavy (non-hydrogen) atoms. The zero-order valence-corrected chi connectivity index (χ0v) is 13.0. The summed E-state index contributed by atoms with van der Waals surface area (Å²) < 4.78 is 56.1.